The summed E-state index contributed by atoms with van der Waals surface area (Å²) >= 11 is -1.20. The molecule has 0 spiro atoms. The Morgan fingerprint density at radius 3 is 2.60 bits per heavy atom. The first-order valence-electron chi connectivity index (χ1n) is 11.8. The first-order valence-corrected chi connectivity index (χ1v) is 12.9. The zero-order valence-electron chi connectivity index (χ0n) is 20.8. The molecule has 0 aliphatic carbocycles. The van der Waals surface area contributed by atoms with E-state index in [9.17, 15) is 9.35 Å². The Kier molecular flexibility index (Phi) is 7.35. The molecule has 0 saturated carbocycles. The van der Waals surface area contributed by atoms with Gasteiger partial charge in [-0.3, -0.25) is 9.78 Å². The van der Waals surface area contributed by atoms with Crippen molar-refractivity contribution in [1.82, 2.24) is 24.5 Å². The minimum absolute atomic E-state index is 0.0901. The normalized spacial score (nSPS) is 13.7. The van der Waals surface area contributed by atoms with Crippen molar-refractivity contribution in [3.8, 4) is 17.1 Å². The maximum absolute atomic E-state index is 12.8. The number of nitrogens with one attached hydrogen (secondary N) is 1. The first-order chi connectivity index (χ1) is 16.7. The molecule has 3 aromatic heterocycles. The van der Waals surface area contributed by atoms with Crippen LogP contribution in [0.4, 0.5) is 0 Å². The molecule has 8 heteroatoms. The summed E-state index contributed by atoms with van der Waals surface area (Å²) in [5.74, 6) is 0.496. The minimum atomic E-state index is -1.20. The van der Waals surface area contributed by atoms with Crippen molar-refractivity contribution < 1.29 is 9.35 Å². The van der Waals surface area contributed by atoms with E-state index in [1.54, 1.807) is 16.9 Å². The van der Waals surface area contributed by atoms with Gasteiger partial charge in [0.2, 0.25) is 0 Å². The third-order valence-electron chi connectivity index (χ3n) is 5.69. The number of rotatable bonds is 8. The number of hydrogen-bond donors (Lipinski definition) is 1. The van der Waals surface area contributed by atoms with Gasteiger partial charge in [0.1, 0.15) is 10.4 Å². The number of hydrogen-bond acceptors (Lipinski definition) is 6. The molecule has 0 saturated heterocycles. The third-order valence-corrected chi connectivity index (χ3v) is 7.30. The van der Waals surface area contributed by atoms with Crippen LogP contribution in [0.5, 0.6) is 0 Å². The van der Waals surface area contributed by atoms with Crippen molar-refractivity contribution >= 4 is 28.0 Å². The summed E-state index contributed by atoms with van der Waals surface area (Å²) in [7, 11) is 0. The Morgan fingerprint density at radius 2 is 1.89 bits per heavy atom. The second-order valence-electron chi connectivity index (χ2n) is 9.56. The van der Waals surface area contributed by atoms with Gasteiger partial charge in [-0.25, -0.2) is 9.67 Å². The van der Waals surface area contributed by atoms with Gasteiger partial charge in [-0.05, 0) is 57.5 Å². The van der Waals surface area contributed by atoms with Gasteiger partial charge in [0.05, 0.1) is 29.1 Å². The highest BCUT2D eigenvalue weighted by Crippen LogP contribution is 2.28. The number of fused-ring (bicyclic) bond motifs is 1. The predicted molar refractivity (Wildman–Crippen MR) is 141 cm³/mol. The molecule has 2 atom stereocenters. The first kappa shape index (κ1) is 25.0. The van der Waals surface area contributed by atoms with E-state index in [1.165, 1.54) is 6.92 Å². The van der Waals surface area contributed by atoms with E-state index >= 15 is 0 Å². The topological polar surface area (TPSA) is 95.8 Å². The number of ketones is 1. The maximum atomic E-state index is 12.8. The summed E-state index contributed by atoms with van der Waals surface area (Å²) in [6.07, 6.45) is 3.57. The molecule has 3 heterocycles. The van der Waals surface area contributed by atoms with E-state index in [4.69, 9.17) is 4.98 Å². The standard InChI is InChI=1S/C27H31N5O2S/c1-6-9-24(31-35(34)27(3,4)5)23-12-7-11-22(29-23)19-14-15-20-17-28-32(25(20)16-19)26-13-8-10-21(30-26)18(2)33/h7-8,10-17,24,31H,6,9H2,1-5H3. The summed E-state index contributed by atoms with van der Waals surface area (Å²) in [6, 6.07) is 17.3. The Morgan fingerprint density at radius 1 is 1.11 bits per heavy atom. The molecular weight excluding hydrogens is 458 g/mol. The van der Waals surface area contributed by atoms with E-state index in [-0.39, 0.29) is 16.6 Å². The summed E-state index contributed by atoms with van der Waals surface area (Å²) in [6.45, 7) is 9.50. The molecule has 4 aromatic rings. The van der Waals surface area contributed by atoms with Gasteiger partial charge < -0.3 is 4.55 Å². The lowest BCUT2D eigenvalue weighted by Gasteiger charge is -2.27. The Bertz CT molecular complexity index is 1340. The van der Waals surface area contributed by atoms with Crippen molar-refractivity contribution in [2.24, 2.45) is 0 Å². The zero-order chi connectivity index (χ0) is 25.2. The molecule has 0 radical (unpaired) electrons. The molecular formula is C27H31N5O2S. The predicted octanol–water partition coefficient (Wildman–Crippen LogP) is 5.58. The fourth-order valence-electron chi connectivity index (χ4n) is 3.77. The van der Waals surface area contributed by atoms with Gasteiger partial charge in [-0.1, -0.05) is 37.6 Å². The van der Waals surface area contributed by atoms with Crippen LogP contribution in [0, 0.1) is 0 Å². The van der Waals surface area contributed by atoms with Gasteiger partial charge in [-0.15, -0.1) is 4.72 Å². The summed E-state index contributed by atoms with van der Waals surface area (Å²) in [4.78, 5) is 21.2. The highest BCUT2D eigenvalue weighted by Gasteiger charge is 2.30. The minimum Gasteiger partial charge on any atom is -0.598 e. The van der Waals surface area contributed by atoms with Crippen LogP contribution in [0.15, 0.2) is 60.8 Å². The van der Waals surface area contributed by atoms with Crippen molar-refractivity contribution in [3.05, 3.63) is 72.2 Å². The largest absolute Gasteiger partial charge is 0.598 e. The van der Waals surface area contributed by atoms with E-state index in [1.807, 2.05) is 69.3 Å². The number of pyridine rings is 2. The fraction of sp³-hybridized carbons (Fsp3) is 0.333. The summed E-state index contributed by atoms with van der Waals surface area (Å²) in [5, 5.41) is 5.47. The van der Waals surface area contributed by atoms with Crippen LogP contribution in [0.2, 0.25) is 0 Å². The average Bonchev–Trinajstić information content (AvgIpc) is 3.26. The molecule has 182 valence electrons. The van der Waals surface area contributed by atoms with Crippen molar-refractivity contribution in [2.75, 3.05) is 0 Å². The van der Waals surface area contributed by atoms with Crippen LogP contribution in [-0.2, 0) is 11.4 Å². The van der Waals surface area contributed by atoms with Gasteiger partial charge in [0.15, 0.2) is 11.6 Å². The van der Waals surface area contributed by atoms with Crippen molar-refractivity contribution in [3.63, 3.8) is 0 Å². The lowest BCUT2D eigenvalue weighted by atomic mass is 10.1. The number of Topliss-reactive ketones (excluding diaryl/α,β-unsaturated/α-hetero) is 1. The fourth-order valence-corrected chi connectivity index (χ4v) is 4.62. The smallest absolute Gasteiger partial charge is 0.178 e. The number of nitrogens with zero attached hydrogens (tertiary/aromatic N) is 4. The monoisotopic (exact) mass is 489 g/mol. The zero-order valence-corrected chi connectivity index (χ0v) is 21.6. The van der Waals surface area contributed by atoms with Crippen molar-refractivity contribution in [2.45, 2.75) is 58.2 Å². The van der Waals surface area contributed by atoms with Crippen LogP contribution in [-0.4, -0.2) is 34.8 Å². The van der Waals surface area contributed by atoms with E-state index in [2.05, 4.69) is 21.7 Å². The van der Waals surface area contributed by atoms with Crippen LogP contribution in [0.1, 0.15) is 69.7 Å². The lowest BCUT2D eigenvalue weighted by molar-refractivity contribution is 0.101. The number of carbonyl (C=O) groups excluding carboxylic acids is 1. The second-order valence-corrected chi connectivity index (χ2v) is 11.6. The molecule has 35 heavy (non-hydrogen) atoms. The third kappa shape index (κ3) is 5.61. The molecule has 0 amide bonds. The number of carbonyl (C=O) groups is 1. The van der Waals surface area contributed by atoms with Crippen LogP contribution in [0.25, 0.3) is 28.0 Å². The lowest BCUT2D eigenvalue weighted by Crippen LogP contribution is -2.41. The van der Waals surface area contributed by atoms with Crippen LogP contribution < -0.4 is 4.72 Å². The molecule has 7 nitrogen and oxygen atoms in total. The molecule has 0 aliphatic rings. The Hall–Kier alpha value is -3.07. The molecule has 2 unspecified atom stereocenters. The summed E-state index contributed by atoms with van der Waals surface area (Å²) in [5.41, 5.74) is 3.91. The number of benzene rings is 1. The van der Waals surface area contributed by atoms with E-state index in [0.717, 1.165) is 40.7 Å². The van der Waals surface area contributed by atoms with Crippen LogP contribution >= 0.6 is 0 Å². The van der Waals surface area contributed by atoms with E-state index in [0.29, 0.717) is 11.5 Å². The highest BCUT2D eigenvalue weighted by molar-refractivity contribution is 7.90. The molecule has 4 rings (SSSR count). The highest BCUT2D eigenvalue weighted by atomic mass is 32.2. The summed E-state index contributed by atoms with van der Waals surface area (Å²) < 4.78 is 17.4. The van der Waals surface area contributed by atoms with Gasteiger partial charge in [0, 0.05) is 29.2 Å². The maximum Gasteiger partial charge on any atom is 0.178 e. The molecule has 0 bridgehead atoms. The van der Waals surface area contributed by atoms with Gasteiger partial charge >= 0.3 is 0 Å². The van der Waals surface area contributed by atoms with Crippen LogP contribution in [0.3, 0.4) is 0 Å². The van der Waals surface area contributed by atoms with Gasteiger partial charge in [0.25, 0.3) is 0 Å². The molecule has 1 aromatic carbocycles. The van der Waals surface area contributed by atoms with E-state index < -0.39 is 11.4 Å². The quantitative estimate of drug-likeness (QED) is 0.256. The molecule has 0 fully saturated rings. The Labute approximate surface area is 209 Å². The SMILES string of the molecule is CCCC(N[S+]([O-])C(C)(C)C)c1cccc(-c2ccc3cnn(-c4cccc(C(C)=O)n4)c3c2)n1. The van der Waals surface area contributed by atoms with Gasteiger partial charge in [-0.2, -0.15) is 5.10 Å². The average molecular weight is 490 g/mol. The molecule has 1 N–H and O–H groups in total. The van der Waals surface area contributed by atoms with Crippen molar-refractivity contribution in [1.29, 1.82) is 0 Å². The second kappa shape index (κ2) is 10.3. The number of aromatic nitrogens is 4. The Balaban J connectivity index is 1.71. The molecule has 0 aliphatic heterocycles.